The van der Waals surface area contributed by atoms with Crippen molar-refractivity contribution in [3.05, 3.63) is 35.4 Å². The Labute approximate surface area is 249 Å². The summed E-state index contributed by atoms with van der Waals surface area (Å²) in [6.45, 7) is 16.5. The molecule has 0 radical (unpaired) electrons. The van der Waals surface area contributed by atoms with Crippen LogP contribution in [0, 0.1) is 0 Å². The van der Waals surface area contributed by atoms with Gasteiger partial charge in [-0.05, 0) is 24.3 Å². The van der Waals surface area contributed by atoms with Crippen LogP contribution in [0.5, 0.6) is 0 Å². The second-order valence-corrected chi connectivity index (χ2v) is 15.8. The molecular formula is C35H65N2O2S+. The lowest BCUT2D eigenvalue weighted by atomic mass is 9.86. The Morgan fingerprint density at radius 2 is 1.10 bits per heavy atom. The number of rotatable bonds is 21. The van der Waals surface area contributed by atoms with Gasteiger partial charge in [0.1, 0.15) is 6.54 Å². The fourth-order valence-electron chi connectivity index (χ4n) is 6.19. The first-order valence-corrected chi connectivity index (χ1v) is 18.7. The molecule has 0 aromatic heterocycles. The fourth-order valence-corrected chi connectivity index (χ4v) is 7.74. The largest absolute Gasteiger partial charge is 0.318 e. The van der Waals surface area contributed by atoms with Gasteiger partial charge in [0.25, 0.3) is 0 Å². The molecule has 1 aliphatic heterocycles. The molecule has 1 aromatic rings. The molecule has 40 heavy (non-hydrogen) atoms. The van der Waals surface area contributed by atoms with E-state index in [1.165, 1.54) is 101 Å². The minimum Gasteiger partial charge on any atom is -0.318 e. The number of nitrogens with zero attached hydrogens (tertiary/aromatic N) is 2. The molecule has 1 aliphatic rings. The maximum Gasteiger partial charge on any atom is 0.214 e. The van der Waals surface area contributed by atoms with Crippen LogP contribution in [-0.4, -0.2) is 55.7 Å². The number of likely N-dealkylation sites (N-methyl/N-ethyl adjacent to an activating group) is 1. The van der Waals surface area contributed by atoms with Crippen LogP contribution < -0.4 is 0 Å². The van der Waals surface area contributed by atoms with Crippen LogP contribution in [0.4, 0.5) is 0 Å². The molecule has 0 saturated carbocycles. The summed E-state index contributed by atoms with van der Waals surface area (Å²) in [7, 11) is -3.13. The van der Waals surface area contributed by atoms with Crippen molar-refractivity contribution in [2.75, 3.05) is 38.5 Å². The van der Waals surface area contributed by atoms with Crippen molar-refractivity contribution in [1.29, 1.82) is 0 Å². The van der Waals surface area contributed by atoms with E-state index in [1.807, 2.05) is 0 Å². The van der Waals surface area contributed by atoms with E-state index >= 15 is 0 Å². The first-order valence-electron chi connectivity index (χ1n) is 17.0. The van der Waals surface area contributed by atoms with Gasteiger partial charge in [-0.2, -0.15) is 4.31 Å². The van der Waals surface area contributed by atoms with Gasteiger partial charge >= 0.3 is 0 Å². The average Bonchev–Trinajstić information content (AvgIpc) is 2.93. The maximum atomic E-state index is 13.0. The predicted molar refractivity (Wildman–Crippen MR) is 174 cm³/mol. The Kier molecular flexibility index (Phi) is 16.4. The molecule has 2 rings (SSSR count). The summed E-state index contributed by atoms with van der Waals surface area (Å²) in [5.41, 5.74) is 2.89. The minimum absolute atomic E-state index is 0.169. The Morgan fingerprint density at radius 3 is 1.50 bits per heavy atom. The molecule has 0 aliphatic carbocycles. The second-order valence-electron chi connectivity index (χ2n) is 13.7. The molecule has 0 atom stereocenters. The zero-order chi connectivity index (χ0) is 29.3. The summed E-state index contributed by atoms with van der Waals surface area (Å²) >= 11 is 0. The first-order chi connectivity index (χ1) is 19.1. The standard InChI is InChI=1S/C35H65N2O2S/c1-6-8-9-10-11-12-13-14-15-16-17-18-19-20-21-22-31-40(38,39)36-27-29-37(7-2,30-28-36)32-33-23-25-34(26-24-33)35(3,4)5/h23-26H,6-22,27-32H2,1-5H3/q+1. The van der Waals surface area contributed by atoms with Crippen molar-refractivity contribution in [2.24, 2.45) is 0 Å². The van der Waals surface area contributed by atoms with Gasteiger partial charge in [0.15, 0.2) is 0 Å². The maximum absolute atomic E-state index is 13.0. The van der Waals surface area contributed by atoms with Crippen LogP contribution in [0.25, 0.3) is 0 Å². The van der Waals surface area contributed by atoms with Gasteiger partial charge in [0.05, 0.1) is 38.5 Å². The van der Waals surface area contributed by atoms with Gasteiger partial charge in [-0.3, -0.25) is 0 Å². The fraction of sp³-hybridized carbons (Fsp3) is 0.829. The van der Waals surface area contributed by atoms with Gasteiger partial charge in [-0.1, -0.05) is 148 Å². The minimum atomic E-state index is -3.13. The highest BCUT2D eigenvalue weighted by Crippen LogP contribution is 2.25. The van der Waals surface area contributed by atoms with E-state index in [1.54, 1.807) is 4.31 Å². The van der Waals surface area contributed by atoms with Crippen molar-refractivity contribution < 1.29 is 12.9 Å². The van der Waals surface area contributed by atoms with E-state index in [9.17, 15) is 8.42 Å². The molecule has 232 valence electrons. The normalized spacial score (nSPS) is 16.4. The topological polar surface area (TPSA) is 37.4 Å². The number of piperazine rings is 1. The summed E-state index contributed by atoms with van der Waals surface area (Å²) in [6.07, 6.45) is 21.0. The van der Waals surface area contributed by atoms with E-state index in [0.29, 0.717) is 18.8 Å². The van der Waals surface area contributed by atoms with Crippen LogP contribution in [0.15, 0.2) is 24.3 Å². The third-order valence-corrected chi connectivity index (χ3v) is 11.3. The SMILES string of the molecule is CCCCCCCCCCCCCCCCCCS(=O)(=O)N1CC[N+](CC)(Cc2ccc(C(C)(C)C)cc2)CC1. The highest BCUT2D eigenvalue weighted by Gasteiger charge is 2.36. The quantitative estimate of drug-likeness (QED) is 0.108. The van der Waals surface area contributed by atoms with E-state index in [2.05, 4.69) is 58.9 Å². The number of quaternary nitrogens is 1. The molecule has 0 unspecified atom stereocenters. The van der Waals surface area contributed by atoms with Gasteiger partial charge in [-0.15, -0.1) is 0 Å². The second kappa shape index (κ2) is 18.6. The van der Waals surface area contributed by atoms with Crippen LogP contribution >= 0.6 is 0 Å². The highest BCUT2D eigenvalue weighted by molar-refractivity contribution is 7.89. The summed E-state index contributed by atoms with van der Waals surface area (Å²) in [4.78, 5) is 0. The van der Waals surface area contributed by atoms with Crippen LogP contribution in [-0.2, 0) is 22.0 Å². The Balaban J connectivity index is 1.55. The molecule has 5 heteroatoms. The number of sulfonamides is 1. The van der Waals surface area contributed by atoms with Gasteiger partial charge in [0, 0.05) is 5.56 Å². The summed E-state index contributed by atoms with van der Waals surface area (Å²) in [6, 6.07) is 9.08. The molecule has 1 saturated heterocycles. The van der Waals surface area contributed by atoms with Crippen LogP contribution in [0.1, 0.15) is 148 Å². The van der Waals surface area contributed by atoms with Gasteiger partial charge in [-0.25, -0.2) is 8.42 Å². The molecule has 4 nitrogen and oxygen atoms in total. The molecule has 0 bridgehead atoms. The molecule has 1 aromatic carbocycles. The summed E-state index contributed by atoms with van der Waals surface area (Å²) in [5.74, 6) is 0.325. The van der Waals surface area contributed by atoms with E-state index in [-0.39, 0.29) is 5.41 Å². The Bertz CT molecular complexity index is 881. The smallest absolute Gasteiger partial charge is 0.214 e. The summed E-state index contributed by atoms with van der Waals surface area (Å²) in [5, 5.41) is 0. The van der Waals surface area contributed by atoms with E-state index in [0.717, 1.165) is 43.5 Å². The zero-order valence-corrected chi connectivity index (χ0v) is 28.0. The van der Waals surface area contributed by atoms with Gasteiger partial charge in [0.2, 0.25) is 10.0 Å². The molecule has 1 fully saturated rings. The van der Waals surface area contributed by atoms with E-state index in [4.69, 9.17) is 0 Å². The van der Waals surface area contributed by atoms with Crippen molar-refractivity contribution in [3.8, 4) is 0 Å². The lowest BCUT2D eigenvalue weighted by Crippen LogP contribution is -2.60. The highest BCUT2D eigenvalue weighted by atomic mass is 32.2. The van der Waals surface area contributed by atoms with Crippen molar-refractivity contribution >= 4 is 10.0 Å². The first kappa shape index (κ1) is 35.3. The molecule has 0 spiro atoms. The monoisotopic (exact) mass is 577 g/mol. The van der Waals surface area contributed by atoms with Gasteiger partial charge < -0.3 is 4.48 Å². The average molecular weight is 578 g/mol. The molecule has 0 amide bonds. The predicted octanol–water partition coefficient (Wildman–Crippen LogP) is 9.23. The zero-order valence-electron chi connectivity index (χ0n) is 27.2. The van der Waals surface area contributed by atoms with Crippen molar-refractivity contribution in [2.45, 2.75) is 149 Å². The lowest BCUT2D eigenvalue weighted by Gasteiger charge is -2.44. The lowest BCUT2D eigenvalue weighted by molar-refractivity contribution is -0.942. The number of hydrogen-bond donors (Lipinski definition) is 0. The Hall–Kier alpha value is -0.910. The number of benzene rings is 1. The number of unbranched alkanes of at least 4 members (excludes halogenated alkanes) is 15. The third-order valence-electron chi connectivity index (χ3n) is 9.31. The Morgan fingerprint density at radius 1 is 0.675 bits per heavy atom. The summed E-state index contributed by atoms with van der Waals surface area (Å²) < 4.78 is 28.9. The van der Waals surface area contributed by atoms with Crippen molar-refractivity contribution in [1.82, 2.24) is 4.31 Å². The van der Waals surface area contributed by atoms with Crippen LogP contribution in [0.2, 0.25) is 0 Å². The van der Waals surface area contributed by atoms with E-state index < -0.39 is 10.0 Å². The number of hydrogen-bond acceptors (Lipinski definition) is 2. The third kappa shape index (κ3) is 13.4. The van der Waals surface area contributed by atoms with Crippen LogP contribution in [0.3, 0.4) is 0 Å². The molecular weight excluding hydrogens is 512 g/mol. The molecule has 1 heterocycles. The van der Waals surface area contributed by atoms with Crippen molar-refractivity contribution in [3.63, 3.8) is 0 Å². The molecule has 0 N–H and O–H groups in total.